The van der Waals surface area contributed by atoms with E-state index in [4.69, 9.17) is 4.74 Å². The van der Waals surface area contributed by atoms with E-state index >= 15 is 0 Å². The number of aliphatic hydroxyl groups excluding tert-OH is 2. The molecule has 0 radical (unpaired) electrons. The van der Waals surface area contributed by atoms with Crippen LogP contribution >= 0.6 is 0 Å². The quantitative estimate of drug-likeness (QED) is 0.617. The molecule has 7 nitrogen and oxygen atoms in total. The number of methoxy groups -OCH3 is 1. The molecule has 21 heavy (non-hydrogen) atoms. The van der Waals surface area contributed by atoms with Crippen LogP contribution in [0.5, 0.6) is 0 Å². The molecule has 0 bridgehead atoms. The maximum Gasteiger partial charge on any atom is 0.333 e. The van der Waals surface area contributed by atoms with Crippen LogP contribution in [0.4, 0.5) is 0 Å². The Labute approximate surface area is 123 Å². The Morgan fingerprint density at radius 1 is 1.57 bits per heavy atom. The SMILES string of the molecule is COC(=O)C1C=CC(CC[C@@H]2CC(O)C(O)C(C)O2)=NN1. The van der Waals surface area contributed by atoms with E-state index in [0.29, 0.717) is 19.3 Å². The van der Waals surface area contributed by atoms with Crippen molar-refractivity contribution in [3.8, 4) is 0 Å². The van der Waals surface area contributed by atoms with Crippen molar-refractivity contribution < 1.29 is 24.5 Å². The molecule has 0 saturated carbocycles. The molecule has 3 N–H and O–H groups in total. The molecule has 0 amide bonds. The van der Waals surface area contributed by atoms with Crippen LogP contribution in [0, 0.1) is 0 Å². The molecule has 2 rings (SSSR count). The first-order valence-electron chi connectivity index (χ1n) is 7.11. The Hall–Kier alpha value is -1.44. The highest BCUT2D eigenvalue weighted by Crippen LogP contribution is 2.23. The summed E-state index contributed by atoms with van der Waals surface area (Å²) < 4.78 is 10.3. The Bertz CT molecular complexity index is 425. The summed E-state index contributed by atoms with van der Waals surface area (Å²) >= 11 is 0. The lowest BCUT2D eigenvalue weighted by Gasteiger charge is -2.35. The van der Waals surface area contributed by atoms with Crippen molar-refractivity contribution in [2.75, 3.05) is 7.11 Å². The van der Waals surface area contributed by atoms with Crippen molar-refractivity contribution in [3.63, 3.8) is 0 Å². The normalized spacial score (nSPS) is 35.8. The molecule has 0 aliphatic carbocycles. The summed E-state index contributed by atoms with van der Waals surface area (Å²) in [6, 6.07) is -0.540. The van der Waals surface area contributed by atoms with Crippen LogP contribution in [0.2, 0.25) is 0 Å². The average Bonchev–Trinajstić information content (AvgIpc) is 2.50. The summed E-state index contributed by atoms with van der Waals surface area (Å²) in [6.45, 7) is 1.75. The molecule has 1 fully saturated rings. The molecule has 2 heterocycles. The number of nitrogens with one attached hydrogen (secondary N) is 1. The monoisotopic (exact) mass is 298 g/mol. The van der Waals surface area contributed by atoms with Gasteiger partial charge >= 0.3 is 5.97 Å². The largest absolute Gasteiger partial charge is 0.467 e. The molecule has 2 aliphatic heterocycles. The Morgan fingerprint density at radius 2 is 2.33 bits per heavy atom. The maximum atomic E-state index is 11.3. The molecule has 0 spiro atoms. The van der Waals surface area contributed by atoms with Gasteiger partial charge in [-0.1, -0.05) is 0 Å². The van der Waals surface area contributed by atoms with E-state index in [9.17, 15) is 15.0 Å². The number of esters is 1. The topological polar surface area (TPSA) is 100 Å². The second-order valence-corrected chi connectivity index (χ2v) is 5.39. The molecule has 0 aromatic heterocycles. The first kappa shape index (κ1) is 15.9. The smallest absolute Gasteiger partial charge is 0.333 e. The van der Waals surface area contributed by atoms with Crippen LogP contribution in [-0.4, -0.2) is 59.5 Å². The number of hydrogen-bond acceptors (Lipinski definition) is 7. The number of aliphatic hydroxyl groups is 2. The molecule has 7 heteroatoms. The summed E-state index contributed by atoms with van der Waals surface area (Å²) in [7, 11) is 1.33. The molecule has 0 aromatic rings. The zero-order valence-corrected chi connectivity index (χ0v) is 12.2. The third kappa shape index (κ3) is 4.03. The highest BCUT2D eigenvalue weighted by Gasteiger charge is 2.33. The first-order chi connectivity index (χ1) is 10.0. The van der Waals surface area contributed by atoms with Gasteiger partial charge < -0.3 is 19.7 Å². The van der Waals surface area contributed by atoms with Gasteiger partial charge in [0.05, 0.1) is 31.1 Å². The predicted octanol–water partition coefficient (Wildman–Crippen LogP) is -0.277. The zero-order chi connectivity index (χ0) is 15.4. The number of rotatable bonds is 4. The summed E-state index contributed by atoms with van der Waals surface area (Å²) in [6.07, 6.45) is 3.23. The van der Waals surface area contributed by atoms with Gasteiger partial charge in [0.2, 0.25) is 0 Å². The number of carbonyl (C=O) groups is 1. The van der Waals surface area contributed by atoms with Crippen LogP contribution in [0.25, 0.3) is 0 Å². The van der Waals surface area contributed by atoms with Gasteiger partial charge in [-0.2, -0.15) is 5.10 Å². The van der Waals surface area contributed by atoms with E-state index in [-0.39, 0.29) is 18.2 Å². The number of hydrogen-bond donors (Lipinski definition) is 3. The van der Waals surface area contributed by atoms with Gasteiger partial charge in [-0.15, -0.1) is 0 Å². The molecule has 4 unspecified atom stereocenters. The predicted molar refractivity (Wildman–Crippen MR) is 75.7 cm³/mol. The summed E-state index contributed by atoms with van der Waals surface area (Å²) in [5, 5.41) is 23.5. The summed E-state index contributed by atoms with van der Waals surface area (Å²) in [5.41, 5.74) is 3.54. The minimum atomic E-state index is -0.823. The number of nitrogens with zero attached hydrogens (tertiary/aromatic N) is 1. The average molecular weight is 298 g/mol. The standard InChI is InChI=1S/C14H22N2O5/c1-8-13(18)12(17)7-10(21-8)5-3-9-4-6-11(16-15-9)14(19)20-2/h4,6,8,10-13,16-18H,3,5,7H2,1-2H3/t8?,10-,11?,12?,13?/m1/s1. The number of allylic oxidation sites excluding steroid dienone is 1. The van der Waals surface area contributed by atoms with Crippen molar-refractivity contribution in [2.24, 2.45) is 5.10 Å². The number of ether oxygens (including phenoxy) is 2. The molecule has 1 saturated heterocycles. The third-order valence-corrected chi connectivity index (χ3v) is 3.79. The third-order valence-electron chi connectivity index (χ3n) is 3.79. The van der Waals surface area contributed by atoms with Crippen LogP contribution < -0.4 is 5.43 Å². The Kier molecular flexibility index (Phi) is 5.33. The number of hydrazone groups is 1. The number of carbonyl (C=O) groups excluding carboxylic acids is 1. The van der Waals surface area contributed by atoms with Gasteiger partial charge in [0.25, 0.3) is 0 Å². The molecule has 2 aliphatic rings. The molecule has 5 atom stereocenters. The van der Waals surface area contributed by atoms with E-state index in [1.165, 1.54) is 7.11 Å². The van der Waals surface area contributed by atoms with Crippen LogP contribution in [0.1, 0.15) is 26.2 Å². The van der Waals surface area contributed by atoms with Crippen molar-refractivity contribution in [3.05, 3.63) is 12.2 Å². The van der Waals surface area contributed by atoms with Crippen molar-refractivity contribution in [2.45, 2.75) is 56.6 Å². The molecular formula is C14H22N2O5. The lowest BCUT2D eigenvalue weighted by Crippen LogP contribution is -2.46. The lowest BCUT2D eigenvalue weighted by atomic mass is 9.95. The minimum absolute atomic E-state index is 0.104. The van der Waals surface area contributed by atoms with Crippen molar-refractivity contribution >= 4 is 11.7 Å². The summed E-state index contributed by atoms with van der Waals surface area (Å²) in [4.78, 5) is 11.3. The zero-order valence-electron chi connectivity index (χ0n) is 12.2. The second-order valence-electron chi connectivity index (χ2n) is 5.39. The van der Waals surface area contributed by atoms with E-state index in [0.717, 1.165) is 5.71 Å². The van der Waals surface area contributed by atoms with Crippen LogP contribution in [-0.2, 0) is 14.3 Å². The summed E-state index contributed by atoms with van der Waals surface area (Å²) in [5.74, 6) is -0.379. The fraction of sp³-hybridized carbons (Fsp3) is 0.714. The Balaban J connectivity index is 1.78. The molecular weight excluding hydrogens is 276 g/mol. The highest BCUT2D eigenvalue weighted by atomic mass is 16.5. The van der Waals surface area contributed by atoms with Gasteiger partial charge in [-0.05, 0) is 31.9 Å². The minimum Gasteiger partial charge on any atom is -0.467 e. The van der Waals surface area contributed by atoms with Crippen molar-refractivity contribution in [1.29, 1.82) is 0 Å². The fourth-order valence-electron chi connectivity index (χ4n) is 2.49. The van der Waals surface area contributed by atoms with Gasteiger partial charge in [-0.3, -0.25) is 5.43 Å². The Morgan fingerprint density at radius 3 is 2.90 bits per heavy atom. The van der Waals surface area contributed by atoms with Crippen LogP contribution in [0.3, 0.4) is 0 Å². The van der Waals surface area contributed by atoms with Gasteiger partial charge in [0, 0.05) is 6.42 Å². The van der Waals surface area contributed by atoms with E-state index in [1.54, 1.807) is 19.1 Å². The fourth-order valence-corrected chi connectivity index (χ4v) is 2.49. The lowest BCUT2D eigenvalue weighted by molar-refractivity contribution is -0.162. The molecule has 0 aromatic carbocycles. The molecule has 118 valence electrons. The van der Waals surface area contributed by atoms with E-state index in [1.807, 2.05) is 0 Å². The van der Waals surface area contributed by atoms with Gasteiger partial charge in [-0.25, -0.2) is 4.79 Å². The van der Waals surface area contributed by atoms with E-state index in [2.05, 4.69) is 15.3 Å². The van der Waals surface area contributed by atoms with Crippen LogP contribution in [0.15, 0.2) is 17.3 Å². The van der Waals surface area contributed by atoms with Gasteiger partial charge in [0.1, 0.15) is 6.10 Å². The maximum absolute atomic E-state index is 11.3. The van der Waals surface area contributed by atoms with E-state index < -0.39 is 18.2 Å². The van der Waals surface area contributed by atoms with Crippen molar-refractivity contribution in [1.82, 2.24) is 5.43 Å². The first-order valence-corrected chi connectivity index (χ1v) is 7.11. The van der Waals surface area contributed by atoms with Gasteiger partial charge in [0.15, 0.2) is 6.04 Å². The second kappa shape index (κ2) is 7.02. The highest BCUT2D eigenvalue weighted by molar-refractivity contribution is 5.96.